The average molecular weight is 285 g/mol. The van der Waals surface area contributed by atoms with Crippen molar-refractivity contribution >= 4 is 11.3 Å². The first-order valence-corrected chi connectivity index (χ1v) is 8.66. The lowest BCUT2D eigenvalue weighted by molar-refractivity contribution is 0.461. The summed E-state index contributed by atoms with van der Waals surface area (Å²) in [6, 6.07) is 13.7. The van der Waals surface area contributed by atoms with Crippen LogP contribution in [0.3, 0.4) is 0 Å². The molecule has 0 atom stereocenters. The topological polar surface area (TPSA) is 12.0 Å². The van der Waals surface area contributed by atoms with Crippen molar-refractivity contribution in [2.75, 3.05) is 0 Å². The Bertz CT molecular complexity index is 509. The van der Waals surface area contributed by atoms with Gasteiger partial charge in [-0.05, 0) is 35.4 Å². The second-order valence-electron chi connectivity index (χ2n) is 5.69. The van der Waals surface area contributed by atoms with Gasteiger partial charge in [0.1, 0.15) is 0 Å². The zero-order valence-corrected chi connectivity index (χ0v) is 12.8. The van der Waals surface area contributed by atoms with Gasteiger partial charge >= 0.3 is 0 Å². The van der Waals surface area contributed by atoms with E-state index in [1.807, 2.05) is 11.3 Å². The summed E-state index contributed by atoms with van der Waals surface area (Å²) in [5.41, 5.74) is 2.74. The lowest BCUT2D eigenvalue weighted by Crippen LogP contribution is -2.27. The fourth-order valence-electron chi connectivity index (χ4n) is 3.07. The minimum absolute atomic E-state index is 0.725. The number of benzene rings is 1. The number of hydrogen-bond acceptors (Lipinski definition) is 2. The first kappa shape index (κ1) is 13.8. The number of hydrogen-bond donors (Lipinski definition) is 1. The zero-order chi connectivity index (χ0) is 13.6. The van der Waals surface area contributed by atoms with Gasteiger partial charge in [0.15, 0.2) is 0 Å². The van der Waals surface area contributed by atoms with Crippen LogP contribution in [0.25, 0.3) is 11.1 Å². The summed E-state index contributed by atoms with van der Waals surface area (Å²) in [5, 5.41) is 6.00. The zero-order valence-electron chi connectivity index (χ0n) is 12.0. The molecule has 0 bridgehead atoms. The van der Waals surface area contributed by atoms with Crippen molar-refractivity contribution in [1.82, 2.24) is 5.32 Å². The second kappa shape index (κ2) is 7.05. The molecule has 106 valence electrons. The van der Waals surface area contributed by atoms with Crippen LogP contribution in [-0.4, -0.2) is 6.04 Å². The van der Waals surface area contributed by atoms with Gasteiger partial charge in [0.25, 0.3) is 0 Å². The molecule has 1 aromatic carbocycles. The molecular formula is C18H23NS. The molecule has 1 fully saturated rings. The Hall–Kier alpha value is -1.12. The van der Waals surface area contributed by atoms with Crippen molar-refractivity contribution in [3.63, 3.8) is 0 Å². The normalized spacial score (nSPS) is 17.0. The van der Waals surface area contributed by atoms with Crippen LogP contribution in [-0.2, 0) is 6.54 Å². The maximum atomic E-state index is 3.78. The molecular weight excluding hydrogens is 262 g/mol. The van der Waals surface area contributed by atoms with Gasteiger partial charge in [-0.2, -0.15) is 0 Å². The van der Waals surface area contributed by atoms with Gasteiger partial charge in [-0.25, -0.2) is 0 Å². The maximum absolute atomic E-state index is 3.78. The predicted molar refractivity (Wildman–Crippen MR) is 88.1 cm³/mol. The van der Waals surface area contributed by atoms with E-state index in [9.17, 15) is 0 Å². The predicted octanol–water partition coefficient (Wildman–Crippen LogP) is 5.23. The van der Waals surface area contributed by atoms with Gasteiger partial charge in [0, 0.05) is 17.5 Å². The van der Waals surface area contributed by atoms with E-state index in [1.54, 1.807) is 0 Å². The first-order chi connectivity index (χ1) is 9.93. The van der Waals surface area contributed by atoms with Crippen molar-refractivity contribution in [2.45, 2.75) is 51.1 Å². The van der Waals surface area contributed by atoms with Crippen LogP contribution < -0.4 is 5.32 Å². The van der Waals surface area contributed by atoms with E-state index >= 15 is 0 Å². The molecule has 0 amide bonds. The highest BCUT2D eigenvalue weighted by atomic mass is 32.1. The summed E-state index contributed by atoms with van der Waals surface area (Å²) in [7, 11) is 0. The van der Waals surface area contributed by atoms with Crippen molar-refractivity contribution in [3.05, 3.63) is 46.7 Å². The molecule has 0 saturated heterocycles. The van der Waals surface area contributed by atoms with Crippen LogP contribution in [0, 0.1) is 0 Å². The van der Waals surface area contributed by atoms with Crippen molar-refractivity contribution in [2.24, 2.45) is 0 Å². The van der Waals surface area contributed by atoms with E-state index in [0.717, 1.165) is 12.6 Å². The summed E-state index contributed by atoms with van der Waals surface area (Å²) in [4.78, 5) is 1.47. The van der Waals surface area contributed by atoms with Crippen LogP contribution in [0.4, 0.5) is 0 Å². The Balaban J connectivity index is 1.65. The lowest BCUT2D eigenvalue weighted by atomic mass is 10.1. The quantitative estimate of drug-likeness (QED) is 0.759. The number of thiophene rings is 1. The van der Waals surface area contributed by atoms with Crippen LogP contribution in [0.2, 0.25) is 0 Å². The molecule has 1 nitrogen and oxygen atoms in total. The largest absolute Gasteiger partial charge is 0.309 e. The Morgan fingerprint density at radius 2 is 1.70 bits per heavy atom. The highest BCUT2D eigenvalue weighted by molar-refractivity contribution is 7.10. The third-order valence-electron chi connectivity index (χ3n) is 4.24. The molecule has 3 rings (SSSR count). The van der Waals surface area contributed by atoms with Crippen molar-refractivity contribution in [1.29, 1.82) is 0 Å². The summed E-state index contributed by atoms with van der Waals surface area (Å²) >= 11 is 1.88. The fourth-order valence-corrected chi connectivity index (χ4v) is 3.92. The molecule has 1 saturated carbocycles. The van der Waals surface area contributed by atoms with Crippen LogP contribution in [0.15, 0.2) is 41.8 Å². The monoisotopic (exact) mass is 285 g/mol. The second-order valence-corrected chi connectivity index (χ2v) is 6.69. The number of rotatable bonds is 4. The molecule has 1 aliphatic rings. The van der Waals surface area contributed by atoms with Crippen molar-refractivity contribution < 1.29 is 0 Å². The van der Waals surface area contributed by atoms with Gasteiger partial charge < -0.3 is 5.32 Å². The third kappa shape index (κ3) is 3.50. The van der Waals surface area contributed by atoms with Gasteiger partial charge in [0.05, 0.1) is 0 Å². The Morgan fingerprint density at radius 3 is 2.45 bits per heavy atom. The third-order valence-corrected chi connectivity index (χ3v) is 5.16. The van der Waals surface area contributed by atoms with E-state index < -0.39 is 0 Å². The molecule has 20 heavy (non-hydrogen) atoms. The molecule has 0 aliphatic heterocycles. The molecule has 2 heteroatoms. The van der Waals surface area contributed by atoms with Crippen LogP contribution in [0.5, 0.6) is 0 Å². The highest BCUT2D eigenvalue weighted by Crippen LogP contribution is 2.28. The van der Waals surface area contributed by atoms with Gasteiger partial charge in [-0.15, -0.1) is 11.3 Å². The lowest BCUT2D eigenvalue weighted by Gasteiger charge is -2.16. The molecule has 1 aliphatic carbocycles. The molecule has 1 N–H and O–H groups in total. The minimum Gasteiger partial charge on any atom is -0.309 e. The summed E-state index contributed by atoms with van der Waals surface area (Å²) < 4.78 is 0. The van der Waals surface area contributed by atoms with E-state index in [2.05, 4.69) is 47.1 Å². The van der Waals surface area contributed by atoms with Crippen molar-refractivity contribution in [3.8, 4) is 11.1 Å². The highest BCUT2D eigenvalue weighted by Gasteiger charge is 2.13. The SMILES string of the molecule is c1ccc(-c2ccsc2CNC2CCCCCC2)cc1. The van der Waals surface area contributed by atoms with Crippen LogP contribution >= 0.6 is 11.3 Å². The first-order valence-electron chi connectivity index (χ1n) is 7.78. The minimum atomic E-state index is 0.725. The maximum Gasteiger partial charge on any atom is 0.0308 e. The van der Waals surface area contributed by atoms with Gasteiger partial charge in [0.2, 0.25) is 0 Å². The van der Waals surface area contributed by atoms with E-state index in [0.29, 0.717) is 0 Å². The van der Waals surface area contributed by atoms with E-state index in [1.165, 1.54) is 54.5 Å². The Kier molecular flexibility index (Phi) is 4.88. The molecule has 0 spiro atoms. The smallest absolute Gasteiger partial charge is 0.0308 e. The average Bonchev–Trinajstić information content (AvgIpc) is 2.81. The summed E-state index contributed by atoms with van der Waals surface area (Å²) in [6.45, 7) is 1.02. The van der Waals surface area contributed by atoms with Gasteiger partial charge in [-0.3, -0.25) is 0 Å². The fraction of sp³-hybridized carbons (Fsp3) is 0.444. The van der Waals surface area contributed by atoms with Gasteiger partial charge in [-0.1, -0.05) is 56.0 Å². The van der Waals surface area contributed by atoms with E-state index in [-0.39, 0.29) is 0 Å². The van der Waals surface area contributed by atoms with E-state index in [4.69, 9.17) is 0 Å². The molecule has 0 unspecified atom stereocenters. The summed E-state index contributed by atoms with van der Waals surface area (Å²) in [5.74, 6) is 0. The molecule has 1 aromatic heterocycles. The number of nitrogens with one attached hydrogen (secondary N) is 1. The summed E-state index contributed by atoms with van der Waals surface area (Å²) in [6.07, 6.45) is 8.35. The van der Waals surface area contributed by atoms with Crippen LogP contribution in [0.1, 0.15) is 43.4 Å². The molecule has 1 heterocycles. The standard InChI is InChI=1S/C18H23NS/c1-2-7-11-16(10-6-1)19-14-18-17(12-13-20-18)15-8-4-3-5-9-15/h3-5,8-9,12-13,16,19H,1-2,6-7,10-11,14H2. The molecule has 2 aromatic rings. The Morgan fingerprint density at radius 1 is 0.950 bits per heavy atom. The Labute approximate surface area is 126 Å². The molecule has 0 radical (unpaired) electrons.